The topological polar surface area (TPSA) is 641 Å². The second kappa shape index (κ2) is 58.4. The summed E-state index contributed by atoms with van der Waals surface area (Å²) in [6.45, 7) is 3.56. The fourth-order valence-electron chi connectivity index (χ4n) is 10.6. The Bertz CT molecular complexity index is 2330. The first-order valence-electron chi connectivity index (χ1n) is 35.8. The summed E-state index contributed by atoms with van der Waals surface area (Å²) in [5.41, 5.74) is -0.887. The molecule has 0 aromatic heterocycles. The summed E-state index contributed by atoms with van der Waals surface area (Å²) in [6, 6.07) is 0. The van der Waals surface area contributed by atoms with Crippen molar-refractivity contribution < 1.29 is 207 Å². The van der Waals surface area contributed by atoms with Crippen molar-refractivity contribution in [3.05, 3.63) is 0 Å². The zero-order valence-corrected chi connectivity index (χ0v) is 64.3. The second-order valence-electron chi connectivity index (χ2n) is 25.1. The Labute approximate surface area is 636 Å². The number of ether oxygens (including phenoxy) is 18. The molecule has 15 unspecified atom stereocenters. The molecule has 15 atom stereocenters. The molecule has 0 aromatic rings. The lowest BCUT2D eigenvalue weighted by Gasteiger charge is -2.40. The van der Waals surface area contributed by atoms with E-state index in [9.17, 15) is 78.8 Å². The monoisotopic (exact) mass is 1670 g/mol. The number of ketones is 2. The van der Waals surface area contributed by atoms with E-state index in [1.807, 2.05) is 0 Å². The van der Waals surface area contributed by atoms with Crippen molar-refractivity contribution in [1.82, 2.24) is 10.6 Å². The Morgan fingerprint density at radius 3 is 0.836 bits per heavy atom. The number of Topliss-reactive ketones (excluding diaryl/α,β-unsaturated/α-hetero) is 2. The van der Waals surface area contributed by atoms with Crippen molar-refractivity contribution in [1.29, 1.82) is 0 Å². The summed E-state index contributed by atoms with van der Waals surface area (Å²) in [6.07, 6.45) is -22.5. The number of nitrogens with one attached hydrogen (secondary N) is 2. The van der Waals surface area contributed by atoms with Crippen molar-refractivity contribution in [2.75, 3.05) is 211 Å². The molecule has 0 aliphatic carbocycles. The third-order valence-corrected chi connectivity index (χ3v) is 17.8. The highest BCUT2D eigenvalue weighted by Gasteiger charge is 2.48. The molecule has 110 heavy (non-hydrogen) atoms. The second-order valence-corrected chi connectivity index (χ2v) is 28.8. The lowest BCUT2D eigenvalue weighted by atomic mass is 9.71. The summed E-state index contributed by atoms with van der Waals surface area (Å²) in [4.78, 5) is 106. The normalized spacial score (nSPS) is 25.4. The molecular weight excluding hydrogens is 1550 g/mol. The summed E-state index contributed by atoms with van der Waals surface area (Å²) >= 11 is 0. The summed E-state index contributed by atoms with van der Waals surface area (Å²) in [5, 5.41) is 96.5. The van der Waals surface area contributed by atoms with E-state index in [1.54, 1.807) is 0 Å². The van der Waals surface area contributed by atoms with Gasteiger partial charge in [0, 0.05) is 51.8 Å². The van der Waals surface area contributed by atoms with Crippen LogP contribution in [-0.2, 0) is 132 Å². The summed E-state index contributed by atoms with van der Waals surface area (Å²) < 4.78 is 144. The van der Waals surface area contributed by atoms with Crippen LogP contribution in [0.5, 0.6) is 0 Å². The molecule has 48 heteroatoms. The van der Waals surface area contributed by atoms with Crippen molar-refractivity contribution >= 4 is 46.8 Å². The number of hydrogen-bond donors (Lipinski definition) is 17. The highest BCUT2D eigenvalue weighted by Crippen LogP contribution is 2.41. The van der Waals surface area contributed by atoms with E-state index < -0.39 is 141 Å². The van der Waals surface area contributed by atoms with Crippen molar-refractivity contribution in [3.63, 3.8) is 0 Å². The standard InChI is InChI=1S/C62H117N2O43P3/c1-43(65)39-62(7-4-44(66)3-2-12-87-15-18-90-21-24-93-27-30-96-33-36-99-59-56(75)53(72)50(69)45(105-59)40-102-108(78,79)80,8-5-48(67)63-10-13-88-16-19-91-22-25-94-28-31-97-34-37-100-60-57(76)54(73)51(70)46(106-60)41-103-109(81,82)83)9-6-49(68)64-11-14-89-17-20-92-23-26-95-29-32-98-35-38-101-61-58(77)55(74)52(71)47(107-61)42-104-110(84,85)86/h45-47,50-61,69-77H,2-42H2,1H3,(H,63,67)(H,64,68)(H2,78,79,80)(H2,81,82,83)(H2,84,85,86). The third kappa shape index (κ3) is 47.7. The van der Waals surface area contributed by atoms with Gasteiger partial charge in [0.2, 0.25) is 11.8 Å². The van der Waals surface area contributed by atoms with Crippen molar-refractivity contribution in [2.45, 2.75) is 157 Å². The van der Waals surface area contributed by atoms with Crippen LogP contribution in [0.1, 0.15) is 64.7 Å². The number of rotatable bonds is 69. The molecule has 3 heterocycles. The Hall–Kier alpha value is -2.47. The van der Waals surface area contributed by atoms with Crippen LogP contribution < -0.4 is 10.6 Å². The molecule has 45 nitrogen and oxygen atoms in total. The first kappa shape index (κ1) is 102. The van der Waals surface area contributed by atoms with Crippen LogP contribution in [0, 0.1) is 5.41 Å². The maximum atomic E-state index is 13.3. The van der Waals surface area contributed by atoms with E-state index in [-0.39, 0.29) is 266 Å². The lowest BCUT2D eigenvalue weighted by molar-refractivity contribution is -0.301. The molecule has 0 radical (unpaired) electrons. The van der Waals surface area contributed by atoms with E-state index in [0.29, 0.717) is 6.42 Å². The van der Waals surface area contributed by atoms with Crippen LogP contribution >= 0.6 is 23.5 Å². The number of hydrogen-bond acceptors (Lipinski definition) is 37. The minimum absolute atomic E-state index is 0.0107. The van der Waals surface area contributed by atoms with Gasteiger partial charge in [0.05, 0.1) is 192 Å². The van der Waals surface area contributed by atoms with Gasteiger partial charge < -0.3 is 176 Å². The van der Waals surface area contributed by atoms with Gasteiger partial charge in [0.25, 0.3) is 0 Å². The largest absolute Gasteiger partial charge is 0.469 e. The molecular formula is C62H117N2O43P3. The zero-order valence-electron chi connectivity index (χ0n) is 61.6. The fraction of sp³-hybridized carbons (Fsp3) is 0.935. The summed E-state index contributed by atoms with van der Waals surface area (Å²) in [7, 11) is -14.7. The molecule has 0 aromatic carbocycles. The molecule has 17 N–H and O–H groups in total. The predicted octanol–water partition coefficient (Wildman–Crippen LogP) is -6.13. The number of carbonyl (C=O) groups excluding carboxylic acids is 4. The Kier molecular flexibility index (Phi) is 54.0. The Morgan fingerprint density at radius 2 is 0.573 bits per heavy atom. The SMILES string of the molecule is CC(=O)CC(CCC(=O)CCCOCCOCCOCCOCCOC1OC(COP(=O)(O)O)C(O)C(O)C1O)(CCC(=O)NCCOCCOCCOCCOCCOC1OC(COP(=O)(O)O)C(O)C(O)C1O)CCC(=O)NCCOCCOCCOCCOCCOC1OC(COP(=O)(O)O)C(O)C(O)C1O. The van der Waals surface area contributed by atoms with Crippen LogP contribution in [0.25, 0.3) is 0 Å². The molecule has 648 valence electrons. The van der Waals surface area contributed by atoms with Gasteiger partial charge in [-0.1, -0.05) is 0 Å². The van der Waals surface area contributed by atoms with Crippen LogP contribution in [0.2, 0.25) is 0 Å². The smallest absolute Gasteiger partial charge is 0.387 e. The average molecular weight is 1670 g/mol. The van der Waals surface area contributed by atoms with Gasteiger partial charge in [-0.05, 0) is 38.0 Å². The molecule has 3 rings (SSSR count). The lowest BCUT2D eigenvalue weighted by Crippen LogP contribution is -2.59. The van der Waals surface area contributed by atoms with Gasteiger partial charge in [-0.15, -0.1) is 0 Å². The van der Waals surface area contributed by atoms with Gasteiger partial charge in [-0.2, -0.15) is 0 Å². The third-order valence-electron chi connectivity index (χ3n) is 16.3. The number of aliphatic hydroxyl groups is 9. The quantitative estimate of drug-likeness (QED) is 0.0199. The Morgan fingerprint density at radius 1 is 0.327 bits per heavy atom. The van der Waals surface area contributed by atoms with E-state index in [4.69, 9.17) is 115 Å². The van der Waals surface area contributed by atoms with E-state index in [1.165, 1.54) is 6.92 Å². The molecule has 3 aliphatic rings. The number of aliphatic hydroxyl groups excluding tert-OH is 9. The fourth-order valence-corrected chi connectivity index (χ4v) is 11.6. The van der Waals surface area contributed by atoms with Gasteiger partial charge >= 0.3 is 23.5 Å². The molecule has 0 bridgehead atoms. The van der Waals surface area contributed by atoms with Gasteiger partial charge in [-0.25, -0.2) is 13.7 Å². The maximum absolute atomic E-state index is 13.3. The molecule has 2 amide bonds. The highest BCUT2D eigenvalue weighted by atomic mass is 31.2. The number of phosphoric acid groups is 3. The molecule has 3 fully saturated rings. The highest BCUT2D eigenvalue weighted by molar-refractivity contribution is 7.46. The average Bonchev–Trinajstić information content (AvgIpc) is 0.831. The maximum Gasteiger partial charge on any atom is 0.469 e. The van der Waals surface area contributed by atoms with Crippen LogP contribution in [0.15, 0.2) is 0 Å². The van der Waals surface area contributed by atoms with E-state index in [2.05, 4.69) is 24.2 Å². The van der Waals surface area contributed by atoms with Gasteiger partial charge in [-0.3, -0.25) is 28.0 Å². The molecule has 3 aliphatic heterocycles. The van der Waals surface area contributed by atoms with Crippen LogP contribution in [0.4, 0.5) is 0 Å². The van der Waals surface area contributed by atoms with Crippen molar-refractivity contribution in [3.8, 4) is 0 Å². The number of phosphoric ester groups is 3. The molecule has 3 saturated heterocycles. The minimum atomic E-state index is -4.90. The Balaban J connectivity index is 1.31. The van der Waals surface area contributed by atoms with Gasteiger partial charge in [0.1, 0.15) is 84.8 Å². The van der Waals surface area contributed by atoms with Crippen molar-refractivity contribution in [2.24, 2.45) is 5.41 Å². The predicted molar refractivity (Wildman–Crippen MR) is 367 cm³/mol. The van der Waals surface area contributed by atoms with Crippen LogP contribution in [0.3, 0.4) is 0 Å². The van der Waals surface area contributed by atoms with E-state index in [0.717, 1.165) is 0 Å². The van der Waals surface area contributed by atoms with Crippen LogP contribution in [-0.4, -0.2) is 402 Å². The van der Waals surface area contributed by atoms with Gasteiger partial charge in [0.15, 0.2) is 18.9 Å². The first-order valence-corrected chi connectivity index (χ1v) is 40.4. The molecule has 0 saturated carbocycles. The number of amides is 2. The van der Waals surface area contributed by atoms with E-state index >= 15 is 0 Å². The summed E-state index contributed by atoms with van der Waals surface area (Å²) in [5.74, 6) is -0.931. The minimum Gasteiger partial charge on any atom is -0.387 e. The molecule has 0 spiro atoms. The first-order chi connectivity index (χ1) is 52.3. The zero-order chi connectivity index (χ0) is 81.2. The number of carbonyl (C=O) groups is 4.